The summed E-state index contributed by atoms with van der Waals surface area (Å²) in [6.07, 6.45) is -0.333. The average molecular weight is 270 g/mol. The van der Waals surface area contributed by atoms with Gasteiger partial charge in [-0.05, 0) is 12.1 Å². The van der Waals surface area contributed by atoms with Crippen molar-refractivity contribution in [3.05, 3.63) is 48.5 Å². The minimum absolute atomic E-state index is 0.00602. The average Bonchev–Trinajstić information content (AvgIpc) is 2.37. The molecule has 19 heavy (non-hydrogen) atoms. The first kappa shape index (κ1) is 13.1. The molecule has 0 radical (unpaired) electrons. The largest absolute Gasteiger partial charge is 0.573 e. The van der Waals surface area contributed by atoms with E-state index in [4.69, 9.17) is 4.74 Å². The summed E-state index contributed by atoms with van der Waals surface area (Å²) in [4.78, 5) is 7.77. The van der Waals surface area contributed by atoms with Gasteiger partial charge in [0, 0.05) is 12.4 Å². The lowest BCUT2D eigenvalue weighted by Crippen LogP contribution is -2.17. The van der Waals surface area contributed by atoms with Crippen molar-refractivity contribution in [3.63, 3.8) is 0 Å². The maximum Gasteiger partial charge on any atom is 0.573 e. The fourth-order valence-electron chi connectivity index (χ4n) is 1.33. The second-order valence-corrected chi connectivity index (χ2v) is 3.48. The van der Waals surface area contributed by atoms with E-state index in [2.05, 4.69) is 14.7 Å². The minimum atomic E-state index is -4.76. The van der Waals surface area contributed by atoms with Crippen LogP contribution in [0.5, 0.6) is 11.5 Å². The van der Waals surface area contributed by atoms with Gasteiger partial charge >= 0.3 is 6.36 Å². The maximum absolute atomic E-state index is 12.2. The van der Waals surface area contributed by atoms with Crippen LogP contribution in [0.3, 0.4) is 0 Å². The van der Waals surface area contributed by atoms with Crippen LogP contribution in [0, 0.1) is 0 Å². The number of hydrogen-bond acceptors (Lipinski definition) is 4. The number of nitrogens with zero attached hydrogens (tertiary/aromatic N) is 2. The number of benzene rings is 1. The predicted molar refractivity (Wildman–Crippen MR) is 59.5 cm³/mol. The van der Waals surface area contributed by atoms with Crippen molar-refractivity contribution < 1.29 is 22.6 Å². The number of rotatable bonds is 4. The van der Waals surface area contributed by atoms with Crippen molar-refractivity contribution in [2.24, 2.45) is 0 Å². The van der Waals surface area contributed by atoms with Crippen molar-refractivity contribution in [2.75, 3.05) is 0 Å². The molecule has 1 aromatic heterocycles. The van der Waals surface area contributed by atoms with Crippen LogP contribution in [0.2, 0.25) is 0 Å². The van der Waals surface area contributed by atoms with Crippen molar-refractivity contribution in [1.29, 1.82) is 0 Å². The standard InChI is InChI=1S/C12H9F3N2O2/c13-12(14,15)19-11-4-2-1-3-10(11)18-8-9-7-16-5-6-17-9/h1-7H,8H2. The van der Waals surface area contributed by atoms with Gasteiger partial charge in [0.25, 0.3) is 0 Å². The zero-order valence-corrected chi connectivity index (χ0v) is 9.59. The van der Waals surface area contributed by atoms with Gasteiger partial charge in [0.2, 0.25) is 0 Å². The van der Waals surface area contributed by atoms with E-state index < -0.39 is 6.36 Å². The van der Waals surface area contributed by atoms with Gasteiger partial charge in [0.05, 0.1) is 11.9 Å². The summed E-state index contributed by atoms with van der Waals surface area (Å²) >= 11 is 0. The summed E-state index contributed by atoms with van der Waals surface area (Å²) in [6, 6.07) is 5.54. The van der Waals surface area contributed by atoms with Crippen LogP contribution in [0.25, 0.3) is 0 Å². The lowest BCUT2D eigenvalue weighted by atomic mass is 10.3. The molecule has 0 fully saturated rings. The first-order valence-corrected chi connectivity index (χ1v) is 5.27. The molecule has 2 rings (SSSR count). The molecule has 0 aliphatic rings. The highest BCUT2D eigenvalue weighted by Gasteiger charge is 2.32. The predicted octanol–water partition coefficient (Wildman–Crippen LogP) is 2.95. The van der Waals surface area contributed by atoms with Gasteiger partial charge in [-0.1, -0.05) is 12.1 Å². The Morgan fingerprint density at radius 1 is 1.05 bits per heavy atom. The molecule has 0 spiro atoms. The van der Waals surface area contributed by atoms with E-state index in [0.717, 1.165) is 0 Å². The molecule has 0 amide bonds. The Kier molecular flexibility index (Phi) is 3.84. The lowest BCUT2D eigenvalue weighted by Gasteiger charge is -2.13. The van der Waals surface area contributed by atoms with Crippen LogP contribution in [0.15, 0.2) is 42.9 Å². The third-order valence-corrected chi connectivity index (χ3v) is 2.07. The van der Waals surface area contributed by atoms with Crippen LogP contribution in [0.1, 0.15) is 5.69 Å². The number of aromatic nitrogens is 2. The van der Waals surface area contributed by atoms with E-state index in [0.29, 0.717) is 5.69 Å². The zero-order valence-electron chi connectivity index (χ0n) is 9.59. The first-order valence-electron chi connectivity index (χ1n) is 5.27. The molecular formula is C12H9F3N2O2. The van der Waals surface area contributed by atoms with Crippen LogP contribution in [0.4, 0.5) is 13.2 Å². The van der Waals surface area contributed by atoms with Gasteiger partial charge in [-0.3, -0.25) is 9.97 Å². The molecule has 0 saturated heterocycles. The van der Waals surface area contributed by atoms with Gasteiger partial charge in [-0.25, -0.2) is 0 Å². The minimum Gasteiger partial charge on any atom is -0.483 e. The van der Waals surface area contributed by atoms with E-state index in [1.165, 1.54) is 36.8 Å². The quantitative estimate of drug-likeness (QED) is 0.856. The Labute approximate surface area is 106 Å². The fraction of sp³-hybridized carbons (Fsp3) is 0.167. The molecule has 100 valence electrons. The summed E-state index contributed by atoms with van der Waals surface area (Å²) in [6.45, 7) is 0.00602. The van der Waals surface area contributed by atoms with Gasteiger partial charge in [0.15, 0.2) is 11.5 Å². The lowest BCUT2D eigenvalue weighted by molar-refractivity contribution is -0.275. The molecule has 0 aliphatic heterocycles. The van der Waals surface area contributed by atoms with E-state index in [1.54, 1.807) is 6.07 Å². The molecule has 1 aromatic carbocycles. The Balaban J connectivity index is 2.08. The summed E-state index contributed by atoms with van der Waals surface area (Å²) in [7, 11) is 0. The molecule has 0 N–H and O–H groups in total. The zero-order chi connectivity index (χ0) is 13.7. The van der Waals surface area contributed by atoms with Gasteiger partial charge < -0.3 is 9.47 Å². The normalized spacial score (nSPS) is 11.1. The molecular weight excluding hydrogens is 261 g/mol. The summed E-state index contributed by atoms with van der Waals surface area (Å²) in [5.74, 6) is -0.399. The molecule has 0 aliphatic carbocycles. The van der Waals surface area contributed by atoms with E-state index >= 15 is 0 Å². The summed E-state index contributed by atoms with van der Waals surface area (Å²) in [5.41, 5.74) is 0.504. The highest BCUT2D eigenvalue weighted by Crippen LogP contribution is 2.32. The van der Waals surface area contributed by atoms with Gasteiger partial charge in [-0.15, -0.1) is 13.2 Å². The monoisotopic (exact) mass is 270 g/mol. The smallest absolute Gasteiger partial charge is 0.483 e. The van der Waals surface area contributed by atoms with Crippen LogP contribution < -0.4 is 9.47 Å². The SMILES string of the molecule is FC(F)(F)Oc1ccccc1OCc1cnccn1. The second-order valence-electron chi connectivity index (χ2n) is 3.48. The summed E-state index contributed by atoms with van der Waals surface area (Å²) in [5, 5.41) is 0. The number of para-hydroxylation sites is 2. The topological polar surface area (TPSA) is 44.2 Å². The number of hydrogen-bond donors (Lipinski definition) is 0. The summed E-state index contributed by atoms with van der Waals surface area (Å²) < 4.78 is 45.7. The van der Waals surface area contributed by atoms with E-state index in [1.807, 2.05) is 0 Å². The Morgan fingerprint density at radius 2 is 1.79 bits per heavy atom. The van der Waals surface area contributed by atoms with Gasteiger partial charge in [-0.2, -0.15) is 0 Å². The maximum atomic E-state index is 12.2. The number of alkyl halides is 3. The second kappa shape index (κ2) is 5.55. The molecule has 0 bridgehead atoms. The third-order valence-electron chi connectivity index (χ3n) is 2.07. The van der Waals surface area contributed by atoms with Crippen LogP contribution in [-0.2, 0) is 6.61 Å². The van der Waals surface area contributed by atoms with Gasteiger partial charge in [0.1, 0.15) is 6.61 Å². The third kappa shape index (κ3) is 4.13. The Bertz CT molecular complexity index is 532. The molecule has 7 heteroatoms. The molecule has 0 unspecified atom stereocenters. The highest BCUT2D eigenvalue weighted by atomic mass is 19.4. The molecule has 4 nitrogen and oxygen atoms in total. The molecule has 0 saturated carbocycles. The molecule has 0 atom stereocenters. The number of halogens is 3. The first-order chi connectivity index (χ1) is 9.04. The Hall–Kier alpha value is -2.31. The number of ether oxygens (including phenoxy) is 2. The highest BCUT2D eigenvalue weighted by molar-refractivity contribution is 5.39. The van der Waals surface area contributed by atoms with Crippen molar-refractivity contribution >= 4 is 0 Å². The molecule has 1 heterocycles. The molecule has 2 aromatic rings. The van der Waals surface area contributed by atoms with Crippen LogP contribution >= 0.6 is 0 Å². The van der Waals surface area contributed by atoms with Crippen molar-refractivity contribution in [3.8, 4) is 11.5 Å². The van der Waals surface area contributed by atoms with Crippen LogP contribution in [-0.4, -0.2) is 16.3 Å². The van der Waals surface area contributed by atoms with E-state index in [-0.39, 0.29) is 18.1 Å². The van der Waals surface area contributed by atoms with Crippen molar-refractivity contribution in [2.45, 2.75) is 13.0 Å². The van der Waals surface area contributed by atoms with E-state index in [9.17, 15) is 13.2 Å². The Morgan fingerprint density at radius 3 is 2.42 bits per heavy atom. The fourth-order valence-corrected chi connectivity index (χ4v) is 1.33. The van der Waals surface area contributed by atoms with Crippen molar-refractivity contribution in [1.82, 2.24) is 9.97 Å².